The number of esters is 1. The van der Waals surface area contributed by atoms with Crippen molar-refractivity contribution in [2.45, 2.75) is 18.8 Å². The second-order valence-electron chi connectivity index (χ2n) is 6.35. The molecule has 1 aliphatic rings. The summed E-state index contributed by atoms with van der Waals surface area (Å²) in [6.45, 7) is 1.92. The Balaban J connectivity index is 1.70. The van der Waals surface area contributed by atoms with E-state index in [1.165, 1.54) is 24.4 Å². The maximum absolute atomic E-state index is 12.4. The monoisotopic (exact) mass is 554 g/mol. The van der Waals surface area contributed by atoms with E-state index in [1.54, 1.807) is 0 Å². The Labute approximate surface area is 196 Å². The lowest BCUT2D eigenvalue weighted by Gasteiger charge is -2.13. The van der Waals surface area contributed by atoms with Crippen molar-refractivity contribution in [1.29, 1.82) is 0 Å². The Morgan fingerprint density at radius 2 is 1.90 bits per heavy atom. The SMILES string of the molecule is CCc1ccc(N[C@H]2NC(=O)/C(=C/c3cc(Br)c(OCC(=O)OC)c(Br)c3)S2)cc1. The summed E-state index contributed by atoms with van der Waals surface area (Å²) in [6.07, 6.45) is 2.79. The zero-order chi connectivity index (χ0) is 21.7. The molecule has 1 aliphatic heterocycles. The molecule has 0 aromatic heterocycles. The Kier molecular flexibility index (Phi) is 7.85. The van der Waals surface area contributed by atoms with E-state index in [4.69, 9.17) is 4.74 Å². The lowest BCUT2D eigenvalue weighted by molar-refractivity contribution is -0.142. The van der Waals surface area contributed by atoms with E-state index in [-0.39, 0.29) is 18.0 Å². The van der Waals surface area contributed by atoms with Crippen LogP contribution in [-0.2, 0) is 20.7 Å². The second-order valence-corrected chi connectivity index (χ2v) is 9.21. The first-order valence-corrected chi connectivity index (χ1v) is 11.6. The van der Waals surface area contributed by atoms with Crippen LogP contribution < -0.4 is 15.4 Å². The van der Waals surface area contributed by atoms with Crippen LogP contribution in [0.5, 0.6) is 5.75 Å². The number of carbonyl (C=O) groups excluding carboxylic acids is 2. The van der Waals surface area contributed by atoms with E-state index in [2.05, 4.69) is 66.3 Å². The molecule has 0 spiro atoms. The molecule has 1 saturated heterocycles. The van der Waals surface area contributed by atoms with Gasteiger partial charge in [0.1, 0.15) is 5.75 Å². The van der Waals surface area contributed by atoms with Crippen LogP contribution in [0.2, 0.25) is 0 Å². The minimum atomic E-state index is -0.470. The summed E-state index contributed by atoms with van der Waals surface area (Å²) in [5.74, 6) is -0.121. The number of amides is 1. The van der Waals surface area contributed by atoms with Gasteiger partial charge in [0, 0.05) is 5.69 Å². The van der Waals surface area contributed by atoms with Crippen molar-refractivity contribution in [1.82, 2.24) is 5.32 Å². The molecule has 2 aromatic carbocycles. The fraction of sp³-hybridized carbons (Fsp3) is 0.238. The number of ether oxygens (including phenoxy) is 2. The molecule has 0 radical (unpaired) electrons. The van der Waals surface area contributed by atoms with Gasteiger partial charge in [-0.25, -0.2) is 4.79 Å². The van der Waals surface area contributed by atoms with E-state index >= 15 is 0 Å². The molecular weight excluding hydrogens is 536 g/mol. The number of aryl methyl sites for hydroxylation is 1. The summed E-state index contributed by atoms with van der Waals surface area (Å²) >= 11 is 8.31. The van der Waals surface area contributed by atoms with Crippen LogP contribution >= 0.6 is 43.6 Å². The first kappa shape index (κ1) is 22.7. The van der Waals surface area contributed by atoms with E-state index < -0.39 is 5.97 Å². The summed E-state index contributed by atoms with van der Waals surface area (Å²) in [4.78, 5) is 24.3. The van der Waals surface area contributed by atoms with E-state index in [0.29, 0.717) is 19.6 Å². The minimum absolute atomic E-state index is 0.138. The highest BCUT2D eigenvalue weighted by molar-refractivity contribution is 9.11. The molecule has 0 aliphatic carbocycles. The third kappa shape index (κ3) is 5.80. The van der Waals surface area contributed by atoms with Crippen LogP contribution in [-0.4, -0.2) is 31.1 Å². The average Bonchev–Trinajstić information content (AvgIpc) is 3.06. The van der Waals surface area contributed by atoms with Gasteiger partial charge in [0.15, 0.2) is 12.1 Å². The number of benzene rings is 2. The van der Waals surface area contributed by atoms with Gasteiger partial charge in [-0.15, -0.1) is 0 Å². The molecule has 1 amide bonds. The van der Waals surface area contributed by atoms with Gasteiger partial charge in [0.05, 0.1) is 21.0 Å². The smallest absolute Gasteiger partial charge is 0.343 e. The van der Waals surface area contributed by atoms with Crippen LogP contribution in [0.25, 0.3) is 6.08 Å². The number of hydrogen-bond donors (Lipinski definition) is 2. The van der Waals surface area contributed by atoms with Gasteiger partial charge < -0.3 is 20.1 Å². The van der Waals surface area contributed by atoms with Crippen molar-refractivity contribution in [3.8, 4) is 5.75 Å². The van der Waals surface area contributed by atoms with Crippen LogP contribution in [0.3, 0.4) is 0 Å². The molecule has 0 saturated carbocycles. The van der Waals surface area contributed by atoms with Crippen LogP contribution in [0, 0.1) is 0 Å². The number of rotatable bonds is 7. The van der Waals surface area contributed by atoms with Gasteiger partial charge in [-0.1, -0.05) is 30.8 Å². The molecule has 1 atom stereocenters. The Hall–Kier alpha value is -1.97. The van der Waals surface area contributed by atoms with Crippen molar-refractivity contribution < 1.29 is 19.1 Å². The highest BCUT2D eigenvalue weighted by Gasteiger charge is 2.27. The second kappa shape index (κ2) is 10.4. The largest absolute Gasteiger partial charge is 0.480 e. The summed E-state index contributed by atoms with van der Waals surface area (Å²) in [5, 5.41) is 6.24. The molecule has 6 nitrogen and oxygen atoms in total. The predicted molar refractivity (Wildman–Crippen MR) is 126 cm³/mol. The van der Waals surface area contributed by atoms with Gasteiger partial charge >= 0.3 is 5.97 Å². The first-order chi connectivity index (χ1) is 14.4. The minimum Gasteiger partial charge on any atom is -0.480 e. The van der Waals surface area contributed by atoms with E-state index in [0.717, 1.165) is 17.7 Å². The van der Waals surface area contributed by atoms with Crippen molar-refractivity contribution in [3.63, 3.8) is 0 Å². The summed E-state index contributed by atoms with van der Waals surface area (Å²) in [7, 11) is 1.30. The molecule has 3 rings (SSSR count). The standard InChI is InChI=1S/C21H20Br2N2O4S/c1-3-12-4-6-14(7-5-12)24-21-25-20(27)17(30-21)10-13-8-15(22)19(16(23)9-13)29-11-18(26)28-2/h4-10,21,24H,3,11H2,1-2H3,(H,25,27)/b17-10-/t21-/m0/s1. The number of thioether (sulfide) groups is 1. The molecule has 158 valence electrons. The van der Waals surface area contributed by atoms with Crippen LogP contribution in [0.1, 0.15) is 18.1 Å². The van der Waals surface area contributed by atoms with Gasteiger partial charge in [-0.2, -0.15) is 0 Å². The number of halogens is 2. The van der Waals surface area contributed by atoms with E-state index in [1.807, 2.05) is 30.3 Å². The van der Waals surface area contributed by atoms with Crippen LogP contribution in [0.15, 0.2) is 50.2 Å². The van der Waals surface area contributed by atoms with Crippen LogP contribution in [0.4, 0.5) is 5.69 Å². The highest BCUT2D eigenvalue weighted by atomic mass is 79.9. The predicted octanol–water partition coefficient (Wildman–Crippen LogP) is 4.93. The number of carbonyl (C=O) groups is 2. The topological polar surface area (TPSA) is 76.7 Å². The van der Waals surface area contributed by atoms with Crippen molar-refractivity contribution in [3.05, 3.63) is 61.4 Å². The zero-order valence-electron chi connectivity index (χ0n) is 16.3. The first-order valence-electron chi connectivity index (χ1n) is 9.13. The quantitative estimate of drug-likeness (QED) is 0.373. The molecule has 0 bridgehead atoms. The fourth-order valence-corrected chi connectivity index (χ4v) is 5.13. The molecule has 30 heavy (non-hydrogen) atoms. The van der Waals surface area contributed by atoms with Crippen molar-refractivity contribution in [2.75, 3.05) is 19.0 Å². The number of anilines is 1. The van der Waals surface area contributed by atoms with Gasteiger partial charge in [0.25, 0.3) is 5.91 Å². The Morgan fingerprint density at radius 1 is 1.23 bits per heavy atom. The third-order valence-electron chi connectivity index (χ3n) is 4.27. The van der Waals surface area contributed by atoms with E-state index in [9.17, 15) is 9.59 Å². The summed E-state index contributed by atoms with van der Waals surface area (Å²) in [6, 6.07) is 11.8. The normalized spacial score (nSPS) is 17.0. The maximum Gasteiger partial charge on any atom is 0.343 e. The molecule has 2 N–H and O–H groups in total. The summed E-state index contributed by atoms with van der Waals surface area (Å²) < 4.78 is 11.4. The van der Waals surface area contributed by atoms with Gasteiger partial charge in [-0.3, -0.25) is 4.79 Å². The molecule has 2 aromatic rings. The molecule has 1 fully saturated rings. The van der Waals surface area contributed by atoms with Gasteiger partial charge in [-0.05, 0) is 79.7 Å². The maximum atomic E-state index is 12.4. The lowest BCUT2D eigenvalue weighted by Crippen LogP contribution is -2.30. The van der Waals surface area contributed by atoms with Crippen molar-refractivity contribution >= 4 is 67.3 Å². The lowest BCUT2D eigenvalue weighted by atomic mass is 10.1. The molecule has 9 heteroatoms. The highest BCUT2D eigenvalue weighted by Crippen LogP contribution is 2.37. The zero-order valence-corrected chi connectivity index (χ0v) is 20.3. The average molecular weight is 556 g/mol. The fourth-order valence-electron chi connectivity index (χ4n) is 2.70. The third-order valence-corrected chi connectivity index (χ3v) is 6.48. The number of nitrogens with one attached hydrogen (secondary N) is 2. The molecule has 1 heterocycles. The van der Waals surface area contributed by atoms with Gasteiger partial charge in [0.2, 0.25) is 0 Å². The van der Waals surface area contributed by atoms with Crippen molar-refractivity contribution in [2.24, 2.45) is 0 Å². The molecular formula is C21H20Br2N2O4S. The number of hydrogen-bond acceptors (Lipinski definition) is 6. The Bertz CT molecular complexity index is 956. The Morgan fingerprint density at radius 3 is 2.50 bits per heavy atom. The number of methoxy groups -OCH3 is 1. The molecule has 0 unspecified atom stereocenters. The summed E-state index contributed by atoms with van der Waals surface area (Å²) in [5.41, 5.74) is 2.78.